The second-order valence-corrected chi connectivity index (χ2v) is 8.80. The highest BCUT2D eigenvalue weighted by molar-refractivity contribution is 6.09. The first-order valence-corrected chi connectivity index (χ1v) is 10.3. The Labute approximate surface area is 182 Å². The van der Waals surface area contributed by atoms with Gasteiger partial charge < -0.3 is 4.42 Å². The Balaban J connectivity index is 1.63. The molecule has 0 bridgehead atoms. The topological polar surface area (TPSA) is 56.2 Å². The number of para-hydroxylation sites is 3. The van der Waals surface area contributed by atoms with Crippen molar-refractivity contribution in [2.24, 2.45) is 5.41 Å². The van der Waals surface area contributed by atoms with Crippen molar-refractivity contribution in [1.29, 1.82) is 0 Å². The highest BCUT2D eigenvalue weighted by Crippen LogP contribution is 2.36. The molecular formula is C26H22N4O. The van der Waals surface area contributed by atoms with Crippen molar-refractivity contribution in [3.05, 3.63) is 72.6 Å². The molecule has 0 aliphatic carbocycles. The Kier molecular flexibility index (Phi) is 3.30. The minimum absolute atomic E-state index is 0.559. The van der Waals surface area contributed by atoms with E-state index in [1.165, 1.54) is 0 Å². The van der Waals surface area contributed by atoms with Crippen LogP contribution in [0.2, 0.25) is 0 Å². The summed E-state index contributed by atoms with van der Waals surface area (Å²) >= 11 is 0. The van der Waals surface area contributed by atoms with E-state index in [-0.39, 0.29) is 0 Å². The Morgan fingerprint density at radius 3 is 2.74 bits per heavy atom. The van der Waals surface area contributed by atoms with Gasteiger partial charge in [0.15, 0.2) is 0 Å². The average Bonchev–Trinajstić information content (AvgIpc) is 3.36. The van der Waals surface area contributed by atoms with Crippen LogP contribution in [0, 0.1) is 5.41 Å². The van der Waals surface area contributed by atoms with Crippen LogP contribution in [-0.4, -0.2) is 19.4 Å². The maximum absolute atomic E-state index is 8.67. The van der Waals surface area contributed by atoms with Crippen LogP contribution >= 0.6 is 0 Å². The van der Waals surface area contributed by atoms with E-state index in [1.807, 2.05) is 73.7 Å². The molecular weight excluding hydrogens is 384 g/mol. The lowest BCUT2D eigenvalue weighted by molar-refractivity contribution is 0.411. The van der Waals surface area contributed by atoms with Gasteiger partial charge in [-0.05, 0) is 47.7 Å². The smallest absolute Gasteiger partial charge is 0.237 e. The number of pyridine rings is 1. The van der Waals surface area contributed by atoms with Gasteiger partial charge in [0.05, 0.1) is 22.1 Å². The van der Waals surface area contributed by atoms with Crippen LogP contribution in [0.4, 0.5) is 0 Å². The molecule has 0 atom stereocenters. The fourth-order valence-electron chi connectivity index (χ4n) is 4.13. The second-order valence-electron chi connectivity index (χ2n) is 8.80. The van der Waals surface area contributed by atoms with Crippen LogP contribution in [0.5, 0.6) is 0 Å². The zero-order valence-electron chi connectivity index (χ0n) is 19.5. The number of furan rings is 1. The molecule has 0 aliphatic heterocycles. The maximum atomic E-state index is 8.67. The lowest BCUT2D eigenvalue weighted by Gasteiger charge is -2.18. The number of imidazole rings is 1. The quantitative estimate of drug-likeness (QED) is 0.331. The predicted octanol–water partition coefficient (Wildman–Crippen LogP) is 6.43. The number of rotatable bonds is 2. The van der Waals surface area contributed by atoms with E-state index >= 15 is 0 Å². The summed E-state index contributed by atoms with van der Waals surface area (Å²) in [6, 6.07) is 17.4. The summed E-state index contributed by atoms with van der Waals surface area (Å²) in [6.07, 6.45) is 1.95. The molecule has 0 aliphatic rings. The third-order valence-corrected chi connectivity index (χ3v) is 5.34. The summed E-state index contributed by atoms with van der Waals surface area (Å²) in [7, 11) is 0. The van der Waals surface area contributed by atoms with E-state index in [4.69, 9.17) is 7.16 Å². The summed E-state index contributed by atoms with van der Waals surface area (Å²) in [4.78, 5) is 13.8. The van der Waals surface area contributed by atoms with E-state index in [0.717, 1.165) is 27.4 Å². The summed E-state index contributed by atoms with van der Waals surface area (Å²) in [5, 5.41) is 1.82. The number of nitrogens with zero attached hydrogens (tertiary/aromatic N) is 4. The molecule has 31 heavy (non-hydrogen) atoms. The standard InChI is InChI=1S/C26H22N4O/c1-26(2,3)14-16-11-12-27-21(13-16)18-8-6-7-17-19-15-28-25-29-20-9-4-5-10-22(20)30(25)24(19)31-23(17)18/h4-13,15H,14H2,1-3H3/i14D2. The molecule has 0 N–H and O–H groups in total. The summed E-state index contributed by atoms with van der Waals surface area (Å²) in [6.45, 7) is 5.71. The van der Waals surface area contributed by atoms with Gasteiger partial charge in [-0.1, -0.05) is 45.0 Å². The maximum Gasteiger partial charge on any atom is 0.237 e. The van der Waals surface area contributed by atoms with Crippen molar-refractivity contribution in [1.82, 2.24) is 19.4 Å². The lowest BCUT2D eigenvalue weighted by atomic mass is 9.88. The van der Waals surface area contributed by atoms with E-state index < -0.39 is 11.8 Å². The lowest BCUT2D eigenvalue weighted by Crippen LogP contribution is -2.09. The molecule has 6 rings (SSSR count). The summed E-state index contributed by atoms with van der Waals surface area (Å²) < 4.78 is 25.8. The number of fused-ring (bicyclic) bond motifs is 7. The molecule has 0 saturated heterocycles. The molecule has 0 saturated carbocycles. The van der Waals surface area contributed by atoms with Crippen molar-refractivity contribution in [3.8, 4) is 11.3 Å². The van der Waals surface area contributed by atoms with Gasteiger partial charge in [0.2, 0.25) is 11.5 Å². The molecule has 6 aromatic rings. The van der Waals surface area contributed by atoms with Gasteiger partial charge in [0, 0.05) is 26.1 Å². The average molecular weight is 409 g/mol. The van der Waals surface area contributed by atoms with Gasteiger partial charge in [-0.15, -0.1) is 0 Å². The molecule has 152 valence electrons. The molecule has 5 nitrogen and oxygen atoms in total. The third-order valence-electron chi connectivity index (χ3n) is 5.34. The van der Waals surface area contributed by atoms with Gasteiger partial charge in [-0.25, -0.2) is 14.4 Å². The van der Waals surface area contributed by atoms with Crippen LogP contribution in [0.15, 0.2) is 71.4 Å². The Bertz CT molecular complexity index is 1690. The van der Waals surface area contributed by atoms with Gasteiger partial charge >= 0.3 is 0 Å². The third kappa shape index (κ3) is 2.88. The fourth-order valence-corrected chi connectivity index (χ4v) is 4.13. The van der Waals surface area contributed by atoms with E-state index in [0.29, 0.717) is 28.3 Å². The fraction of sp³-hybridized carbons (Fsp3) is 0.192. The van der Waals surface area contributed by atoms with E-state index in [9.17, 15) is 0 Å². The minimum Gasteiger partial charge on any atom is -0.438 e. The number of hydrogen-bond donors (Lipinski definition) is 0. The molecule has 0 radical (unpaired) electrons. The molecule has 2 aromatic carbocycles. The first kappa shape index (κ1) is 16.0. The van der Waals surface area contributed by atoms with Crippen molar-refractivity contribution in [2.75, 3.05) is 0 Å². The van der Waals surface area contributed by atoms with Crippen molar-refractivity contribution < 1.29 is 7.16 Å². The SMILES string of the molecule is [2H]C([2H])(c1ccnc(-c2cccc3c2oc2c3cnc3nc4ccccc4n32)c1)C(C)(C)C. The van der Waals surface area contributed by atoms with Gasteiger partial charge in [0.25, 0.3) is 0 Å². The molecule has 4 aromatic heterocycles. The first-order valence-electron chi connectivity index (χ1n) is 11.3. The van der Waals surface area contributed by atoms with Crippen LogP contribution in [0.1, 0.15) is 29.1 Å². The zero-order chi connectivity index (χ0) is 23.0. The zero-order valence-corrected chi connectivity index (χ0v) is 17.5. The monoisotopic (exact) mass is 408 g/mol. The van der Waals surface area contributed by atoms with Gasteiger partial charge in [0.1, 0.15) is 5.58 Å². The van der Waals surface area contributed by atoms with Crippen molar-refractivity contribution in [3.63, 3.8) is 0 Å². The molecule has 4 heterocycles. The highest BCUT2D eigenvalue weighted by Gasteiger charge is 2.18. The summed E-state index contributed by atoms with van der Waals surface area (Å²) in [5.74, 6) is 0.586. The molecule has 5 heteroatoms. The van der Waals surface area contributed by atoms with E-state index in [2.05, 4.69) is 15.0 Å². The van der Waals surface area contributed by atoms with Gasteiger partial charge in [-0.3, -0.25) is 4.98 Å². The Morgan fingerprint density at radius 2 is 1.87 bits per heavy atom. The van der Waals surface area contributed by atoms with Crippen molar-refractivity contribution >= 4 is 38.9 Å². The Morgan fingerprint density at radius 1 is 1.00 bits per heavy atom. The van der Waals surface area contributed by atoms with Gasteiger partial charge in [-0.2, -0.15) is 0 Å². The second kappa shape index (κ2) is 6.38. The minimum atomic E-state index is -1.52. The number of hydrogen-bond acceptors (Lipinski definition) is 4. The van der Waals surface area contributed by atoms with Crippen LogP contribution < -0.4 is 0 Å². The number of aromatic nitrogens is 4. The predicted molar refractivity (Wildman–Crippen MR) is 124 cm³/mol. The molecule has 0 spiro atoms. The normalized spacial score (nSPS) is 13.9. The van der Waals surface area contributed by atoms with Crippen LogP contribution in [0.3, 0.4) is 0 Å². The molecule has 0 amide bonds. The number of benzene rings is 2. The largest absolute Gasteiger partial charge is 0.438 e. The van der Waals surface area contributed by atoms with E-state index in [1.54, 1.807) is 18.5 Å². The Hall–Kier alpha value is -3.73. The van der Waals surface area contributed by atoms with Crippen molar-refractivity contribution in [2.45, 2.75) is 27.1 Å². The van der Waals surface area contributed by atoms with Crippen LogP contribution in [-0.2, 0) is 6.37 Å². The highest BCUT2D eigenvalue weighted by atomic mass is 16.3. The summed E-state index contributed by atoms with van der Waals surface area (Å²) in [5.41, 5.74) is 4.69. The molecule has 0 fully saturated rings. The van der Waals surface area contributed by atoms with Crippen LogP contribution in [0.25, 0.3) is 50.1 Å². The first-order chi connectivity index (χ1) is 15.8. The molecule has 0 unspecified atom stereocenters.